The SMILES string of the molecule is CCCCCCCCCC[n+]1ccc(C(=C(c2cc[n+](CCCCCCCCCC)cc2)c2cc[n+](CCCCCCCCCC)cc2)c2ccccc2)cc1.[Br-].[Br-].[Br-]. The summed E-state index contributed by atoms with van der Waals surface area (Å²) in [5.74, 6) is 0. The van der Waals surface area contributed by atoms with Crippen molar-refractivity contribution in [3.8, 4) is 0 Å². The van der Waals surface area contributed by atoms with Crippen molar-refractivity contribution in [2.45, 2.75) is 195 Å². The van der Waals surface area contributed by atoms with Crippen molar-refractivity contribution < 1.29 is 64.6 Å². The summed E-state index contributed by atoms with van der Waals surface area (Å²) in [7, 11) is 0. The van der Waals surface area contributed by atoms with Crippen LogP contribution in [-0.4, -0.2) is 0 Å². The predicted molar refractivity (Wildman–Crippen MR) is 239 cm³/mol. The first-order valence-corrected chi connectivity index (χ1v) is 23.5. The zero-order valence-electron chi connectivity index (χ0n) is 37.4. The highest BCUT2D eigenvalue weighted by molar-refractivity contribution is 6.04. The maximum atomic E-state index is 2.39. The number of unbranched alkanes of at least 4 members (excludes halogenated alkanes) is 21. The largest absolute Gasteiger partial charge is 1.00 e. The summed E-state index contributed by atoms with van der Waals surface area (Å²) in [6.07, 6.45) is 46.3. The molecule has 0 aliphatic carbocycles. The van der Waals surface area contributed by atoms with Gasteiger partial charge in [0.2, 0.25) is 0 Å². The summed E-state index contributed by atoms with van der Waals surface area (Å²) in [6, 6.07) is 25.2. The van der Waals surface area contributed by atoms with Crippen LogP contribution >= 0.6 is 0 Å². The normalized spacial score (nSPS) is 10.7. The van der Waals surface area contributed by atoms with E-state index in [1.807, 2.05) is 0 Å². The molecule has 4 aromatic rings. The highest BCUT2D eigenvalue weighted by Crippen LogP contribution is 2.36. The van der Waals surface area contributed by atoms with Crippen LogP contribution in [0.15, 0.2) is 104 Å². The third-order valence-electron chi connectivity index (χ3n) is 11.7. The van der Waals surface area contributed by atoms with E-state index in [1.54, 1.807) is 0 Å². The Hall–Kier alpha value is -2.15. The fourth-order valence-corrected chi connectivity index (χ4v) is 8.12. The van der Waals surface area contributed by atoms with Gasteiger partial charge in [0.15, 0.2) is 37.2 Å². The molecule has 0 amide bonds. The molecule has 0 saturated heterocycles. The van der Waals surface area contributed by atoms with Gasteiger partial charge in [0.25, 0.3) is 0 Å². The van der Waals surface area contributed by atoms with Crippen LogP contribution in [0, 0.1) is 0 Å². The molecule has 3 aromatic heterocycles. The predicted octanol–water partition coefficient (Wildman–Crippen LogP) is 4.99. The van der Waals surface area contributed by atoms with E-state index in [2.05, 4.69) is 138 Å². The number of nitrogens with zero attached hydrogens (tertiary/aromatic N) is 3. The Kier molecular flexibility index (Phi) is 33.0. The molecule has 0 spiro atoms. The molecule has 0 aliphatic heterocycles. The molecule has 4 rings (SSSR count). The Labute approximate surface area is 393 Å². The van der Waals surface area contributed by atoms with Crippen LogP contribution in [-0.2, 0) is 19.6 Å². The average molecular weight is 999 g/mol. The molecule has 3 heterocycles. The van der Waals surface area contributed by atoms with Crippen molar-refractivity contribution in [2.75, 3.05) is 0 Å². The molecule has 0 fully saturated rings. The summed E-state index contributed by atoms with van der Waals surface area (Å²) in [4.78, 5) is 0. The van der Waals surface area contributed by atoms with Crippen molar-refractivity contribution in [3.05, 3.63) is 126 Å². The molecule has 3 nitrogen and oxygen atoms in total. The molecule has 0 bridgehead atoms. The summed E-state index contributed by atoms with van der Waals surface area (Å²) >= 11 is 0. The van der Waals surface area contributed by atoms with Gasteiger partial charge in [-0.2, -0.15) is 0 Å². The highest BCUT2D eigenvalue weighted by atomic mass is 79.9. The second-order valence-electron chi connectivity index (χ2n) is 16.5. The van der Waals surface area contributed by atoms with Gasteiger partial charge < -0.3 is 50.9 Å². The maximum absolute atomic E-state index is 2.39. The molecule has 328 valence electrons. The first-order valence-electron chi connectivity index (χ1n) is 23.5. The Morgan fingerprint density at radius 2 is 0.508 bits per heavy atom. The fraction of sp³-hybridized carbons (Fsp3) is 0.566. The second-order valence-corrected chi connectivity index (χ2v) is 16.5. The van der Waals surface area contributed by atoms with Gasteiger partial charge in [-0.1, -0.05) is 167 Å². The number of aryl methyl sites for hydroxylation is 3. The van der Waals surface area contributed by atoms with Crippen molar-refractivity contribution in [1.82, 2.24) is 0 Å². The molecule has 0 aliphatic rings. The van der Waals surface area contributed by atoms with Gasteiger partial charge in [0.05, 0.1) is 0 Å². The standard InChI is InChI=1S/C53H80N3.3BrH/c1-4-7-10-13-16-19-22-28-39-54-42-33-49(34-43-54)52(48-31-26-25-27-32-48)53(50-35-44-55(45-36-50)40-29-23-20-17-14-11-8-5-2)51-37-46-56(47-38-51)41-30-24-21-18-15-12-9-6-3;;;/h25-27,31-38,42-47H,4-24,28-30,39-41H2,1-3H3;3*1H/q+3;;;/p-3. The Morgan fingerprint density at radius 1 is 0.288 bits per heavy atom. The molecule has 0 atom stereocenters. The van der Waals surface area contributed by atoms with Crippen LogP contribution in [0.4, 0.5) is 0 Å². The van der Waals surface area contributed by atoms with E-state index in [0.29, 0.717) is 0 Å². The monoisotopic (exact) mass is 995 g/mol. The number of hydrogen-bond acceptors (Lipinski definition) is 0. The molecule has 0 unspecified atom stereocenters. The molecule has 1 aromatic carbocycles. The minimum atomic E-state index is 0. The van der Waals surface area contributed by atoms with Gasteiger partial charge in [-0.3, -0.25) is 0 Å². The molecule has 6 heteroatoms. The van der Waals surface area contributed by atoms with Gasteiger partial charge in [0, 0.05) is 55.7 Å². The minimum absolute atomic E-state index is 0. The summed E-state index contributed by atoms with van der Waals surface area (Å²) in [5.41, 5.74) is 7.67. The summed E-state index contributed by atoms with van der Waals surface area (Å²) < 4.78 is 7.16. The first-order chi connectivity index (χ1) is 27.7. The highest BCUT2D eigenvalue weighted by Gasteiger charge is 2.19. The lowest BCUT2D eigenvalue weighted by atomic mass is 9.86. The van der Waals surface area contributed by atoms with Gasteiger partial charge >= 0.3 is 0 Å². The number of pyridine rings is 3. The van der Waals surface area contributed by atoms with Crippen LogP contribution < -0.4 is 64.6 Å². The lowest BCUT2D eigenvalue weighted by Gasteiger charge is -2.17. The fourth-order valence-electron chi connectivity index (χ4n) is 8.12. The number of halogens is 3. The third kappa shape index (κ3) is 22.0. The average Bonchev–Trinajstić information content (AvgIpc) is 3.24. The van der Waals surface area contributed by atoms with Crippen molar-refractivity contribution in [2.24, 2.45) is 0 Å². The minimum Gasteiger partial charge on any atom is -1.00 e. The van der Waals surface area contributed by atoms with Crippen LogP contribution in [0.1, 0.15) is 197 Å². The molecule has 0 radical (unpaired) electrons. The van der Waals surface area contributed by atoms with E-state index >= 15 is 0 Å². The van der Waals surface area contributed by atoms with E-state index in [9.17, 15) is 0 Å². The van der Waals surface area contributed by atoms with Gasteiger partial charge in [0.1, 0.15) is 19.6 Å². The lowest BCUT2D eigenvalue weighted by molar-refractivity contribution is -0.697. The summed E-state index contributed by atoms with van der Waals surface area (Å²) in [6.45, 7) is 10.1. The van der Waals surface area contributed by atoms with Crippen LogP contribution in [0.3, 0.4) is 0 Å². The first kappa shape index (κ1) is 54.9. The molecular formula is C53H80Br3N3. The zero-order valence-corrected chi connectivity index (χ0v) is 42.1. The van der Waals surface area contributed by atoms with Gasteiger partial charge in [-0.05, 0) is 52.7 Å². The maximum Gasteiger partial charge on any atom is 0.169 e. The second kappa shape index (κ2) is 35.4. The summed E-state index contributed by atoms with van der Waals surface area (Å²) in [5, 5.41) is 0. The van der Waals surface area contributed by atoms with E-state index in [-0.39, 0.29) is 50.9 Å². The third-order valence-corrected chi connectivity index (χ3v) is 11.7. The van der Waals surface area contributed by atoms with Crippen LogP contribution in [0.5, 0.6) is 0 Å². The zero-order chi connectivity index (χ0) is 39.3. The number of benzene rings is 1. The van der Waals surface area contributed by atoms with E-state index in [1.165, 1.54) is 187 Å². The van der Waals surface area contributed by atoms with Crippen molar-refractivity contribution in [3.63, 3.8) is 0 Å². The number of aromatic nitrogens is 3. The Balaban J connectivity index is 0.00000580. The van der Waals surface area contributed by atoms with E-state index < -0.39 is 0 Å². The molecule has 0 N–H and O–H groups in total. The van der Waals surface area contributed by atoms with Gasteiger partial charge in [-0.25, -0.2) is 13.7 Å². The Morgan fingerprint density at radius 3 is 0.763 bits per heavy atom. The lowest BCUT2D eigenvalue weighted by Crippen LogP contribution is -3.00. The number of hydrogen-bond donors (Lipinski definition) is 0. The molecule has 0 saturated carbocycles. The smallest absolute Gasteiger partial charge is 0.169 e. The van der Waals surface area contributed by atoms with Crippen molar-refractivity contribution >= 4 is 11.1 Å². The number of rotatable bonds is 31. The van der Waals surface area contributed by atoms with Gasteiger partial charge in [-0.15, -0.1) is 0 Å². The Bertz CT molecular complexity index is 1520. The van der Waals surface area contributed by atoms with Crippen molar-refractivity contribution in [1.29, 1.82) is 0 Å². The topological polar surface area (TPSA) is 11.6 Å². The molecular weight excluding hydrogens is 918 g/mol. The van der Waals surface area contributed by atoms with E-state index in [0.717, 1.165) is 19.6 Å². The van der Waals surface area contributed by atoms with Crippen LogP contribution in [0.2, 0.25) is 0 Å². The molecule has 59 heavy (non-hydrogen) atoms. The quantitative estimate of drug-likeness (QED) is 0.0499. The van der Waals surface area contributed by atoms with Crippen LogP contribution in [0.25, 0.3) is 11.1 Å². The van der Waals surface area contributed by atoms with E-state index in [4.69, 9.17) is 0 Å².